The van der Waals surface area contributed by atoms with Crippen LogP contribution in [0.15, 0.2) is 11.4 Å². The molecular formula is C11H18S. The van der Waals surface area contributed by atoms with Gasteiger partial charge in [-0.05, 0) is 36.3 Å². The quantitative estimate of drug-likeness (QED) is 0.603. The summed E-state index contributed by atoms with van der Waals surface area (Å²) in [6, 6.07) is 2.27. The Labute approximate surface area is 79.6 Å². The lowest BCUT2D eigenvalue weighted by Crippen LogP contribution is -1.86. The predicted molar refractivity (Wildman–Crippen MR) is 56.9 cm³/mol. The first kappa shape index (κ1) is 9.79. The fourth-order valence-corrected chi connectivity index (χ4v) is 2.46. The fraction of sp³-hybridized carbons (Fsp3) is 0.636. The molecule has 1 aromatic heterocycles. The molecular weight excluding hydrogens is 164 g/mol. The van der Waals surface area contributed by atoms with Gasteiger partial charge in [-0.25, -0.2) is 0 Å². The summed E-state index contributed by atoms with van der Waals surface area (Å²) < 4.78 is 0. The molecule has 0 N–H and O–H groups in total. The molecule has 0 amide bonds. The number of hydrogen-bond acceptors (Lipinski definition) is 1. The summed E-state index contributed by atoms with van der Waals surface area (Å²) in [5, 5.41) is 2.22. The number of rotatable bonds is 5. The monoisotopic (exact) mass is 182 g/mol. The molecule has 12 heavy (non-hydrogen) atoms. The molecule has 68 valence electrons. The van der Waals surface area contributed by atoms with Crippen LogP contribution in [0.1, 0.15) is 43.6 Å². The third-order valence-corrected chi connectivity index (χ3v) is 3.25. The van der Waals surface area contributed by atoms with Crippen LogP contribution in [-0.2, 0) is 12.8 Å². The van der Waals surface area contributed by atoms with E-state index in [0.717, 1.165) is 0 Å². The van der Waals surface area contributed by atoms with Gasteiger partial charge in [0.05, 0.1) is 0 Å². The van der Waals surface area contributed by atoms with E-state index < -0.39 is 0 Å². The smallest absolute Gasteiger partial charge is 0.00771 e. The Kier molecular flexibility index (Phi) is 4.37. The van der Waals surface area contributed by atoms with Gasteiger partial charge in [-0.2, -0.15) is 0 Å². The maximum absolute atomic E-state index is 2.27. The maximum atomic E-state index is 2.27. The summed E-state index contributed by atoms with van der Waals surface area (Å²) in [6.45, 7) is 4.50. The molecule has 1 rings (SSSR count). The molecule has 1 heterocycles. The SMILES string of the molecule is CCCCCc1sccc1CC. The molecule has 0 saturated heterocycles. The average molecular weight is 182 g/mol. The first-order chi connectivity index (χ1) is 5.88. The lowest BCUT2D eigenvalue weighted by molar-refractivity contribution is 0.719. The van der Waals surface area contributed by atoms with Crippen LogP contribution >= 0.6 is 11.3 Å². The van der Waals surface area contributed by atoms with Crippen LogP contribution in [0, 0.1) is 0 Å². The van der Waals surface area contributed by atoms with Crippen LogP contribution in [0.2, 0.25) is 0 Å². The van der Waals surface area contributed by atoms with Crippen molar-refractivity contribution >= 4 is 11.3 Å². The van der Waals surface area contributed by atoms with Gasteiger partial charge in [0.15, 0.2) is 0 Å². The highest BCUT2D eigenvalue weighted by atomic mass is 32.1. The van der Waals surface area contributed by atoms with Gasteiger partial charge in [0.2, 0.25) is 0 Å². The van der Waals surface area contributed by atoms with Crippen molar-refractivity contribution in [3.63, 3.8) is 0 Å². The number of unbranched alkanes of at least 4 members (excludes halogenated alkanes) is 2. The topological polar surface area (TPSA) is 0 Å². The minimum atomic E-state index is 1.20. The fourth-order valence-electron chi connectivity index (χ4n) is 1.44. The lowest BCUT2D eigenvalue weighted by Gasteiger charge is -1.99. The Morgan fingerprint density at radius 2 is 2.08 bits per heavy atom. The normalized spacial score (nSPS) is 10.5. The molecule has 0 aliphatic carbocycles. The van der Waals surface area contributed by atoms with Gasteiger partial charge in [0.25, 0.3) is 0 Å². The zero-order valence-electron chi connectivity index (χ0n) is 8.10. The third kappa shape index (κ3) is 2.63. The molecule has 0 atom stereocenters. The van der Waals surface area contributed by atoms with Gasteiger partial charge in [-0.3, -0.25) is 0 Å². The van der Waals surface area contributed by atoms with Crippen molar-refractivity contribution in [3.05, 3.63) is 21.9 Å². The minimum absolute atomic E-state index is 1.20. The van der Waals surface area contributed by atoms with E-state index in [1.165, 1.54) is 32.1 Å². The molecule has 0 aromatic carbocycles. The summed E-state index contributed by atoms with van der Waals surface area (Å²) >= 11 is 1.92. The summed E-state index contributed by atoms with van der Waals surface area (Å²) in [7, 11) is 0. The minimum Gasteiger partial charge on any atom is -0.149 e. The van der Waals surface area contributed by atoms with Crippen molar-refractivity contribution in [3.8, 4) is 0 Å². The summed E-state index contributed by atoms with van der Waals surface area (Å²) in [5.41, 5.74) is 1.57. The van der Waals surface area contributed by atoms with Gasteiger partial charge < -0.3 is 0 Å². The van der Waals surface area contributed by atoms with E-state index in [4.69, 9.17) is 0 Å². The predicted octanol–water partition coefficient (Wildman–Crippen LogP) is 4.04. The van der Waals surface area contributed by atoms with Crippen molar-refractivity contribution in [1.29, 1.82) is 0 Å². The molecule has 0 nitrogen and oxygen atoms in total. The second kappa shape index (κ2) is 5.36. The van der Waals surface area contributed by atoms with E-state index in [-0.39, 0.29) is 0 Å². The van der Waals surface area contributed by atoms with E-state index in [1.54, 1.807) is 10.4 Å². The largest absolute Gasteiger partial charge is 0.149 e. The van der Waals surface area contributed by atoms with Crippen LogP contribution < -0.4 is 0 Å². The maximum Gasteiger partial charge on any atom is 0.00771 e. The first-order valence-corrected chi connectivity index (χ1v) is 5.81. The van der Waals surface area contributed by atoms with Gasteiger partial charge in [-0.1, -0.05) is 26.7 Å². The van der Waals surface area contributed by atoms with Crippen molar-refractivity contribution in [1.82, 2.24) is 0 Å². The van der Waals surface area contributed by atoms with Crippen LogP contribution in [0.5, 0.6) is 0 Å². The Morgan fingerprint density at radius 1 is 1.25 bits per heavy atom. The van der Waals surface area contributed by atoms with E-state index in [9.17, 15) is 0 Å². The second-order valence-corrected chi connectivity index (χ2v) is 4.18. The zero-order chi connectivity index (χ0) is 8.81. The molecule has 0 fully saturated rings. The van der Waals surface area contributed by atoms with Crippen LogP contribution in [0.25, 0.3) is 0 Å². The number of hydrogen-bond donors (Lipinski definition) is 0. The summed E-state index contributed by atoms with van der Waals surface area (Å²) in [6.07, 6.45) is 6.57. The van der Waals surface area contributed by atoms with Crippen molar-refractivity contribution in [2.45, 2.75) is 46.0 Å². The highest BCUT2D eigenvalue weighted by Gasteiger charge is 2.00. The van der Waals surface area contributed by atoms with E-state index in [0.29, 0.717) is 0 Å². The summed E-state index contributed by atoms with van der Waals surface area (Å²) in [5.74, 6) is 0. The molecule has 0 radical (unpaired) electrons. The molecule has 0 unspecified atom stereocenters. The van der Waals surface area contributed by atoms with Crippen LogP contribution in [0.3, 0.4) is 0 Å². The molecule has 1 aromatic rings. The van der Waals surface area contributed by atoms with E-state index >= 15 is 0 Å². The van der Waals surface area contributed by atoms with Crippen molar-refractivity contribution < 1.29 is 0 Å². The van der Waals surface area contributed by atoms with E-state index in [1.807, 2.05) is 11.3 Å². The van der Waals surface area contributed by atoms with Crippen LogP contribution in [0.4, 0.5) is 0 Å². The van der Waals surface area contributed by atoms with Gasteiger partial charge in [0, 0.05) is 4.88 Å². The van der Waals surface area contributed by atoms with Crippen LogP contribution in [-0.4, -0.2) is 0 Å². The Balaban J connectivity index is 2.39. The standard InChI is InChI=1S/C11H18S/c1-3-5-6-7-11-10(4-2)8-9-12-11/h8-9H,3-7H2,1-2H3. The number of aryl methyl sites for hydroxylation is 2. The molecule has 0 aliphatic rings. The molecule has 0 bridgehead atoms. The highest BCUT2D eigenvalue weighted by Crippen LogP contribution is 2.19. The Hall–Kier alpha value is -0.300. The summed E-state index contributed by atoms with van der Waals surface area (Å²) in [4.78, 5) is 1.62. The highest BCUT2D eigenvalue weighted by molar-refractivity contribution is 7.10. The third-order valence-electron chi connectivity index (χ3n) is 2.23. The van der Waals surface area contributed by atoms with E-state index in [2.05, 4.69) is 25.3 Å². The Morgan fingerprint density at radius 3 is 2.75 bits per heavy atom. The van der Waals surface area contributed by atoms with Gasteiger partial charge >= 0.3 is 0 Å². The van der Waals surface area contributed by atoms with Gasteiger partial charge in [-0.15, -0.1) is 11.3 Å². The molecule has 0 spiro atoms. The second-order valence-electron chi connectivity index (χ2n) is 3.18. The average Bonchev–Trinajstić information content (AvgIpc) is 2.52. The van der Waals surface area contributed by atoms with Crippen molar-refractivity contribution in [2.24, 2.45) is 0 Å². The Bertz CT molecular complexity index is 213. The molecule has 1 heteroatoms. The number of thiophene rings is 1. The van der Waals surface area contributed by atoms with Gasteiger partial charge in [0.1, 0.15) is 0 Å². The first-order valence-electron chi connectivity index (χ1n) is 4.93. The lowest BCUT2D eigenvalue weighted by atomic mass is 10.1. The molecule has 0 saturated carbocycles. The zero-order valence-corrected chi connectivity index (χ0v) is 8.91. The molecule has 0 aliphatic heterocycles. The van der Waals surface area contributed by atoms with Crippen molar-refractivity contribution in [2.75, 3.05) is 0 Å².